The van der Waals surface area contributed by atoms with Gasteiger partial charge in [-0.2, -0.15) is 5.10 Å². The lowest BCUT2D eigenvalue weighted by atomic mass is 10.3. The van der Waals surface area contributed by atoms with Crippen molar-refractivity contribution in [3.63, 3.8) is 0 Å². The Labute approximate surface area is 137 Å². The van der Waals surface area contributed by atoms with Crippen molar-refractivity contribution >= 4 is 39.0 Å². The molecule has 0 aliphatic heterocycles. The lowest BCUT2D eigenvalue weighted by Crippen LogP contribution is -2.20. The van der Waals surface area contributed by atoms with Crippen LogP contribution in [0, 0.1) is 5.82 Å². The molecular weight excluding hydrogens is 343 g/mol. The van der Waals surface area contributed by atoms with Gasteiger partial charge in [-0.05, 0) is 30.5 Å². The van der Waals surface area contributed by atoms with Gasteiger partial charge in [-0.25, -0.2) is 17.5 Å². The number of thioether (sulfide) groups is 1. The zero-order valence-corrected chi connectivity index (χ0v) is 14.0. The van der Waals surface area contributed by atoms with E-state index in [2.05, 4.69) is 10.4 Å². The number of sulfone groups is 1. The van der Waals surface area contributed by atoms with Crippen LogP contribution in [0.1, 0.15) is 0 Å². The number of hydrogen-bond acceptors (Lipinski definition) is 6. The van der Waals surface area contributed by atoms with E-state index in [1.807, 2.05) is 0 Å². The fourth-order valence-electron chi connectivity index (χ4n) is 1.91. The first kappa shape index (κ1) is 17.3. The van der Waals surface area contributed by atoms with Crippen LogP contribution in [0.15, 0.2) is 34.2 Å². The van der Waals surface area contributed by atoms with Crippen LogP contribution >= 0.6 is 11.8 Å². The summed E-state index contributed by atoms with van der Waals surface area (Å²) in [4.78, 5) is 11.9. The molecule has 0 fully saturated rings. The van der Waals surface area contributed by atoms with E-state index in [9.17, 15) is 17.6 Å². The van der Waals surface area contributed by atoms with Crippen LogP contribution in [0.5, 0.6) is 0 Å². The summed E-state index contributed by atoms with van der Waals surface area (Å²) in [6.07, 6.45) is 2.70. The predicted octanol–water partition coefficient (Wildman–Crippen LogP) is 1.37. The maximum atomic E-state index is 12.8. The highest BCUT2D eigenvalue weighted by Crippen LogP contribution is 2.29. The highest BCUT2D eigenvalue weighted by atomic mass is 32.2. The second-order valence-corrected chi connectivity index (χ2v) is 7.46. The summed E-state index contributed by atoms with van der Waals surface area (Å²) in [6, 6.07) is 5.25. The average molecular weight is 358 g/mol. The molecule has 0 aliphatic rings. The molecule has 0 bridgehead atoms. The predicted molar refractivity (Wildman–Crippen MR) is 86.6 cm³/mol. The van der Waals surface area contributed by atoms with Gasteiger partial charge in [-0.15, -0.1) is 11.8 Å². The number of halogens is 1. The van der Waals surface area contributed by atoms with Crippen LogP contribution in [0.25, 0.3) is 0 Å². The molecule has 0 radical (unpaired) electrons. The van der Waals surface area contributed by atoms with Crippen LogP contribution < -0.4 is 11.1 Å². The first-order chi connectivity index (χ1) is 10.7. The fraction of sp³-hybridized carbons (Fsp3) is 0.231. The monoisotopic (exact) mass is 358 g/mol. The van der Waals surface area contributed by atoms with Crippen LogP contribution in [-0.4, -0.2) is 36.6 Å². The van der Waals surface area contributed by atoms with E-state index in [1.165, 1.54) is 24.3 Å². The molecule has 0 saturated heterocycles. The van der Waals surface area contributed by atoms with Gasteiger partial charge in [0.15, 0.2) is 9.84 Å². The molecule has 0 spiro atoms. The largest absolute Gasteiger partial charge is 0.383 e. The van der Waals surface area contributed by atoms with Gasteiger partial charge in [0.25, 0.3) is 0 Å². The van der Waals surface area contributed by atoms with Crippen molar-refractivity contribution in [3.05, 3.63) is 30.1 Å². The first-order valence-electron chi connectivity index (χ1n) is 6.38. The molecule has 1 amide bonds. The van der Waals surface area contributed by atoms with Gasteiger partial charge in [-0.1, -0.05) is 0 Å². The minimum absolute atomic E-state index is 0.0837. The number of nitrogens with zero attached hydrogens (tertiary/aromatic N) is 2. The maximum Gasteiger partial charge on any atom is 0.246 e. The Morgan fingerprint density at radius 2 is 2.00 bits per heavy atom. The molecule has 10 heteroatoms. The summed E-state index contributed by atoms with van der Waals surface area (Å²) in [5, 5.41) is 6.83. The van der Waals surface area contributed by atoms with Crippen LogP contribution in [0.3, 0.4) is 0 Å². The molecule has 1 heterocycles. The second kappa shape index (κ2) is 6.59. The molecule has 7 nitrogen and oxygen atoms in total. The third-order valence-corrected chi connectivity index (χ3v) is 4.85. The molecular formula is C13H15FN4O3S2. The summed E-state index contributed by atoms with van der Waals surface area (Å²) < 4.78 is 37.5. The molecule has 1 aromatic carbocycles. The quantitative estimate of drug-likeness (QED) is 0.782. The number of benzene rings is 1. The van der Waals surface area contributed by atoms with E-state index < -0.39 is 21.6 Å². The van der Waals surface area contributed by atoms with Gasteiger partial charge >= 0.3 is 0 Å². The van der Waals surface area contributed by atoms with Gasteiger partial charge < -0.3 is 11.1 Å². The number of rotatable bonds is 5. The molecule has 2 aromatic rings. The van der Waals surface area contributed by atoms with E-state index in [1.54, 1.807) is 6.26 Å². The number of anilines is 2. The standard InChI is InChI=1S/C13H15FN4O3S2/c1-22-13-11(23(2,20)21)12(15)18(17-13)7-10(19)16-9-5-3-8(14)4-6-9/h3-6H,7,15H2,1-2H3,(H,16,19). The Morgan fingerprint density at radius 1 is 1.39 bits per heavy atom. The number of nitrogens with two attached hydrogens (primary N) is 1. The molecule has 0 unspecified atom stereocenters. The molecule has 0 atom stereocenters. The highest BCUT2D eigenvalue weighted by molar-refractivity contribution is 7.99. The number of nitrogen functional groups attached to an aromatic ring is 1. The zero-order valence-electron chi connectivity index (χ0n) is 12.4. The topological polar surface area (TPSA) is 107 Å². The third kappa shape index (κ3) is 4.02. The first-order valence-corrected chi connectivity index (χ1v) is 9.49. The molecule has 0 aliphatic carbocycles. The van der Waals surface area contributed by atoms with Gasteiger partial charge in [0.2, 0.25) is 5.91 Å². The average Bonchev–Trinajstić information content (AvgIpc) is 2.77. The van der Waals surface area contributed by atoms with Crippen molar-refractivity contribution in [3.8, 4) is 0 Å². The van der Waals surface area contributed by atoms with E-state index in [4.69, 9.17) is 5.73 Å². The highest BCUT2D eigenvalue weighted by Gasteiger charge is 2.24. The van der Waals surface area contributed by atoms with Crippen molar-refractivity contribution < 1.29 is 17.6 Å². The number of carbonyl (C=O) groups is 1. The number of nitrogens with one attached hydrogen (secondary N) is 1. The van der Waals surface area contributed by atoms with Gasteiger partial charge in [0, 0.05) is 11.9 Å². The number of hydrogen-bond donors (Lipinski definition) is 2. The molecule has 3 N–H and O–H groups in total. The van der Waals surface area contributed by atoms with Crippen LogP contribution in [-0.2, 0) is 21.2 Å². The summed E-state index contributed by atoms with van der Waals surface area (Å²) in [5.41, 5.74) is 6.22. The summed E-state index contributed by atoms with van der Waals surface area (Å²) in [7, 11) is -3.56. The Balaban J connectivity index is 2.21. The zero-order chi connectivity index (χ0) is 17.2. The van der Waals surface area contributed by atoms with E-state index >= 15 is 0 Å². The Kier molecular flexibility index (Phi) is 4.95. The Hall–Kier alpha value is -2.07. The van der Waals surface area contributed by atoms with Gasteiger partial charge in [-0.3, -0.25) is 4.79 Å². The molecule has 0 saturated carbocycles. The Bertz CT molecular complexity index is 832. The maximum absolute atomic E-state index is 12.8. The summed E-state index contributed by atoms with van der Waals surface area (Å²) in [5.74, 6) is -0.966. The SMILES string of the molecule is CSc1nn(CC(=O)Nc2ccc(F)cc2)c(N)c1S(C)(=O)=O. The smallest absolute Gasteiger partial charge is 0.246 e. The van der Waals surface area contributed by atoms with E-state index in [0.29, 0.717) is 5.69 Å². The van der Waals surface area contributed by atoms with Crippen molar-refractivity contribution in [2.24, 2.45) is 0 Å². The number of carbonyl (C=O) groups excluding carboxylic acids is 1. The van der Waals surface area contributed by atoms with Gasteiger partial charge in [0.05, 0.1) is 0 Å². The molecule has 23 heavy (non-hydrogen) atoms. The number of amides is 1. The van der Waals surface area contributed by atoms with Crippen molar-refractivity contribution in [1.82, 2.24) is 9.78 Å². The molecule has 1 aromatic heterocycles. The van der Waals surface area contributed by atoms with E-state index in [0.717, 1.165) is 22.7 Å². The van der Waals surface area contributed by atoms with Crippen LogP contribution in [0.4, 0.5) is 15.9 Å². The van der Waals surface area contributed by atoms with Crippen molar-refractivity contribution in [1.29, 1.82) is 0 Å². The minimum Gasteiger partial charge on any atom is -0.383 e. The van der Waals surface area contributed by atoms with Crippen molar-refractivity contribution in [2.75, 3.05) is 23.6 Å². The van der Waals surface area contributed by atoms with Gasteiger partial charge in [0.1, 0.15) is 28.1 Å². The lowest BCUT2D eigenvalue weighted by Gasteiger charge is -2.06. The third-order valence-electron chi connectivity index (χ3n) is 2.90. The summed E-state index contributed by atoms with van der Waals surface area (Å²) in [6.45, 7) is -0.258. The van der Waals surface area contributed by atoms with Crippen LogP contribution in [0.2, 0.25) is 0 Å². The fourth-order valence-corrected chi connectivity index (χ4v) is 3.93. The molecule has 2 rings (SSSR count). The van der Waals surface area contributed by atoms with E-state index in [-0.39, 0.29) is 22.3 Å². The normalized spacial score (nSPS) is 11.4. The minimum atomic E-state index is -3.56. The lowest BCUT2D eigenvalue weighted by molar-refractivity contribution is -0.116. The van der Waals surface area contributed by atoms with Crippen molar-refractivity contribution in [2.45, 2.75) is 16.5 Å². The second-order valence-electron chi connectivity index (χ2n) is 4.71. The number of aromatic nitrogens is 2. The molecule has 124 valence electrons. The summed E-state index contributed by atoms with van der Waals surface area (Å²) >= 11 is 1.13. The Morgan fingerprint density at radius 3 is 2.48 bits per heavy atom.